The van der Waals surface area contributed by atoms with Crippen molar-refractivity contribution in [3.05, 3.63) is 0 Å². The van der Waals surface area contributed by atoms with E-state index in [0.717, 1.165) is 13.2 Å². The van der Waals surface area contributed by atoms with Crippen molar-refractivity contribution in [3.63, 3.8) is 0 Å². The molecule has 0 amide bonds. The zero-order valence-corrected chi connectivity index (χ0v) is 10.6. The predicted molar refractivity (Wildman–Crippen MR) is 62.7 cm³/mol. The summed E-state index contributed by atoms with van der Waals surface area (Å²) in [5, 5.41) is 10.3. The van der Waals surface area contributed by atoms with Gasteiger partial charge in [0.1, 0.15) is 0 Å². The molecule has 0 spiro atoms. The van der Waals surface area contributed by atoms with E-state index in [9.17, 15) is 5.11 Å². The van der Waals surface area contributed by atoms with Crippen LogP contribution in [0.3, 0.4) is 0 Å². The van der Waals surface area contributed by atoms with Crippen molar-refractivity contribution in [2.75, 3.05) is 13.2 Å². The molecule has 2 nitrogen and oxygen atoms in total. The molecule has 1 aliphatic carbocycles. The second-order valence-electron chi connectivity index (χ2n) is 5.28. The Kier molecular flexibility index (Phi) is 5.07. The quantitative estimate of drug-likeness (QED) is 0.779. The highest BCUT2D eigenvalue weighted by Gasteiger charge is 2.37. The minimum absolute atomic E-state index is 0.166. The standard InChI is InChI=1S/C13H26O2/c1-5-15-8-12-10(4)6-7-11(9(2)3)13(12)14/h9-14H,5-8H2,1-4H3. The number of hydrogen-bond acceptors (Lipinski definition) is 2. The molecular formula is C13H26O2. The van der Waals surface area contributed by atoms with Gasteiger partial charge in [0.25, 0.3) is 0 Å². The minimum atomic E-state index is -0.166. The fraction of sp³-hybridized carbons (Fsp3) is 1.00. The van der Waals surface area contributed by atoms with Crippen molar-refractivity contribution < 1.29 is 9.84 Å². The van der Waals surface area contributed by atoms with Crippen molar-refractivity contribution >= 4 is 0 Å². The molecule has 0 aromatic rings. The van der Waals surface area contributed by atoms with Crippen LogP contribution in [-0.4, -0.2) is 24.4 Å². The van der Waals surface area contributed by atoms with Crippen LogP contribution in [0.15, 0.2) is 0 Å². The lowest BCUT2D eigenvalue weighted by Gasteiger charge is -2.40. The highest BCUT2D eigenvalue weighted by molar-refractivity contribution is 4.86. The topological polar surface area (TPSA) is 29.5 Å². The zero-order chi connectivity index (χ0) is 11.4. The van der Waals surface area contributed by atoms with Gasteiger partial charge in [0.15, 0.2) is 0 Å². The van der Waals surface area contributed by atoms with Gasteiger partial charge in [-0.3, -0.25) is 0 Å². The lowest BCUT2D eigenvalue weighted by Crippen LogP contribution is -2.42. The van der Waals surface area contributed by atoms with Crippen LogP contribution < -0.4 is 0 Å². The van der Waals surface area contributed by atoms with E-state index in [-0.39, 0.29) is 6.10 Å². The minimum Gasteiger partial charge on any atom is -0.392 e. The fourth-order valence-electron chi connectivity index (χ4n) is 2.74. The molecule has 4 unspecified atom stereocenters. The van der Waals surface area contributed by atoms with Gasteiger partial charge in [-0.05, 0) is 37.5 Å². The Morgan fingerprint density at radius 1 is 1.33 bits per heavy atom. The predicted octanol–water partition coefficient (Wildman–Crippen LogP) is 2.70. The second-order valence-corrected chi connectivity index (χ2v) is 5.28. The molecule has 2 heteroatoms. The summed E-state index contributed by atoms with van der Waals surface area (Å²) in [6.07, 6.45) is 2.24. The van der Waals surface area contributed by atoms with Gasteiger partial charge in [0.05, 0.1) is 12.7 Å². The molecule has 0 radical (unpaired) electrons. The molecule has 1 aliphatic rings. The molecule has 0 aromatic carbocycles. The summed E-state index contributed by atoms with van der Waals surface area (Å²) >= 11 is 0. The Morgan fingerprint density at radius 3 is 2.53 bits per heavy atom. The molecule has 15 heavy (non-hydrogen) atoms. The fourth-order valence-corrected chi connectivity index (χ4v) is 2.74. The van der Waals surface area contributed by atoms with Gasteiger partial charge in [-0.15, -0.1) is 0 Å². The molecular weight excluding hydrogens is 188 g/mol. The maximum Gasteiger partial charge on any atom is 0.0623 e. The molecule has 0 bridgehead atoms. The first-order chi connectivity index (χ1) is 7.07. The molecule has 0 saturated heterocycles. The molecule has 1 N–H and O–H groups in total. The van der Waals surface area contributed by atoms with Crippen molar-refractivity contribution in [1.29, 1.82) is 0 Å². The number of rotatable bonds is 4. The molecule has 0 aliphatic heterocycles. The van der Waals surface area contributed by atoms with E-state index < -0.39 is 0 Å². The maximum absolute atomic E-state index is 10.3. The van der Waals surface area contributed by atoms with Crippen molar-refractivity contribution in [2.45, 2.75) is 46.6 Å². The summed E-state index contributed by atoms with van der Waals surface area (Å²) in [5.41, 5.74) is 0. The second kappa shape index (κ2) is 5.86. The molecule has 0 aromatic heterocycles. The summed E-state index contributed by atoms with van der Waals surface area (Å²) in [4.78, 5) is 0. The summed E-state index contributed by atoms with van der Waals surface area (Å²) < 4.78 is 5.48. The van der Waals surface area contributed by atoms with E-state index >= 15 is 0 Å². The monoisotopic (exact) mass is 214 g/mol. The molecule has 90 valence electrons. The number of aliphatic hydroxyl groups excluding tert-OH is 1. The van der Waals surface area contributed by atoms with E-state index in [2.05, 4.69) is 20.8 Å². The Morgan fingerprint density at radius 2 is 2.00 bits per heavy atom. The first-order valence-electron chi connectivity index (χ1n) is 6.33. The van der Waals surface area contributed by atoms with Crippen LogP contribution in [0.5, 0.6) is 0 Å². The Bertz CT molecular complexity index is 179. The lowest BCUT2D eigenvalue weighted by molar-refractivity contribution is -0.0616. The number of ether oxygens (including phenoxy) is 1. The Hall–Kier alpha value is -0.0800. The SMILES string of the molecule is CCOCC1C(C)CCC(C(C)C)C1O. The Labute approximate surface area is 94.0 Å². The number of aliphatic hydroxyl groups is 1. The van der Waals surface area contributed by atoms with Crippen molar-refractivity contribution in [2.24, 2.45) is 23.7 Å². The van der Waals surface area contributed by atoms with E-state index in [4.69, 9.17) is 4.74 Å². The van der Waals surface area contributed by atoms with Crippen LogP contribution in [0.25, 0.3) is 0 Å². The van der Waals surface area contributed by atoms with E-state index in [1.54, 1.807) is 0 Å². The third-order valence-electron chi connectivity index (χ3n) is 3.93. The lowest BCUT2D eigenvalue weighted by atomic mass is 9.69. The van der Waals surface area contributed by atoms with Crippen LogP contribution in [0, 0.1) is 23.7 Å². The van der Waals surface area contributed by atoms with E-state index in [1.165, 1.54) is 12.8 Å². The van der Waals surface area contributed by atoms with Gasteiger partial charge >= 0.3 is 0 Å². The van der Waals surface area contributed by atoms with Crippen LogP contribution in [-0.2, 0) is 4.74 Å². The third-order valence-corrected chi connectivity index (χ3v) is 3.93. The van der Waals surface area contributed by atoms with Gasteiger partial charge in [0.2, 0.25) is 0 Å². The van der Waals surface area contributed by atoms with Crippen LogP contribution in [0.2, 0.25) is 0 Å². The van der Waals surface area contributed by atoms with Crippen LogP contribution in [0.4, 0.5) is 0 Å². The molecule has 1 fully saturated rings. The summed E-state index contributed by atoms with van der Waals surface area (Å²) in [6, 6.07) is 0. The molecule has 4 atom stereocenters. The first kappa shape index (κ1) is 13.0. The molecule has 1 rings (SSSR count). The highest BCUT2D eigenvalue weighted by Crippen LogP contribution is 2.37. The summed E-state index contributed by atoms with van der Waals surface area (Å²) in [6.45, 7) is 10.1. The smallest absolute Gasteiger partial charge is 0.0623 e. The normalized spacial score (nSPS) is 37.2. The summed E-state index contributed by atoms with van der Waals surface area (Å²) in [5.74, 6) is 1.98. The average Bonchev–Trinajstić information content (AvgIpc) is 2.17. The van der Waals surface area contributed by atoms with Crippen LogP contribution >= 0.6 is 0 Å². The average molecular weight is 214 g/mol. The van der Waals surface area contributed by atoms with Crippen molar-refractivity contribution in [1.82, 2.24) is 0 Å². The van der Waals surface area contributed by atoms with E-state index in [1.807, 2.05) is 6.92 Å². The van der Waals surface area contributed by atoms with Gasteiger partial charge in [0, 0.05) is 12.5 Å². The van der Waals surface area contributed by atoms with Crippen molar-refractivity contribution in [3.8, 4) is 0 Å². The van der Waals surface area contributed by atoms with Gasteiger partial charge in [-0.2, -0.15) is 0 Å². The maximum atomic E-state index is 10.3. The third kappa shape index (κ3) is 3.18. The zero-order valence-electron chi connectivity index (χ0n) is 10.6. The van der Waals surface area contributed by atoms with Crippen LogP contribution in [0.1, 0.15) is 40.5 Å². The van der Waals surface area contributed by atoms with E-state index in [0.29, 0.717) is 23.7 Å². The first-order valence-corrected chi connectivity index (χ1v) is 6.33. The largest absolute Gasteiger partial charge is 0.392 e. The van der Waals surface area contributed by atoms with Gasteiger partial charge in [-0.1, -0.05) is 20.8 Å². The molecule has 0 heterocycles. The van der Waals surface area contributed by atoms with Gasteiger partial charge < -0.3 is 9.84 Å². The summed E-state index contributed by atoms with van der Waals surface area (Å²) in [7, 11) is 0. The number of hydrogen-bond donors (Lipinski definition) is 1. The van der Waals surface area contributed by atoms with Gasteiger partial charge in [-0.25, -0.2) is 0 Å². The Balaban J connectivity index is 2.57. The molecule has 1 saturated carbocycles. The highest BCUT2D eigenvalue weighted by atomic mass is 16.5.